The molecule has 0 bridgehead atoms. The number of aliphatic hydroxyl groups is 1. The van der Waals surface area contributed by atoms with E-state index < -0.39 is 0 Å². The van der Waals surface area contributed by atoms with Crippen molar-refractivity contribution in [1.82, 2.24) is 10.6 Å². The van der Waals surface area contributed by atoms with E-state index in [1.54, 1.807) is 0 Å². The van der Waals surface area contributed by atoms with Crippen LogP contribution in [0.5, 0.6) is 0 Å². The SMILES string of the molecule is CC(C)C(CO)NCC1CCCNC1. The molecule has 84 valence electrons. The fraction of sp³-hybridized carbons (Fsp3) is 1.00. The van der Waals surface area contributed by atoms with E-state index in [9.17, 15) is 0 Å². The van der Waals surface area contributed by atoms with Crippen LogP contribution < -0.4 is 10.6 Å². The highest BCUT2D eigenvalue weighted by Crippen LogP contribution is 2.09. The first-order valence-corrected chi connectivity index (χ1v) is 5.79. The molecule has 14 heavy (non-hydrogen) atoms. The summed E-state index contributed by atoms with van der Waals surface area (Å²) in [6.07, 6.45) is 2.61. The lowest BCUT2D eigenvalue weighted by molar-refractivity contribution is 0.201. The minimum Gasteiger partial charge on any atom is -0.395 e. The maximum absolute atomic E-state index is 9.15. The van der Waals surface area contributed by atoms with Crippen molar-refractivity contribution in [1.29, 1.82) is 0 Å². The smallest absolute Gasteiger partial charge is 0.0587 e. The minimum absolute atomic E-state index is 0.248. The molecule has 1 aliphatic rings. The number of rotatable bonds is 5. The molecule has 0 saturated carbocycles. The summed E-state index contributed by atoms with van der Waals surface area (Å²) in [5, 5.41) is 16.0. The van der Waals surface area contributed by atoms with Crippen LogP contribution in [0.25, 0.3) is 0 Å². The fourth-order valence-corrected chi connectivity index (χ4v) is 1.93. The van der Waals surface area contributed by atoms with Gasteiger partial charge < -0.3 is 15.7 Å². The Bertz CT molecular complexity index is 144. The molecule has 0 aromatic carbocycles. The predicted octanol–water partition coefficient (Wildman–Crippen LogP) is 0.592. The van der Waals surface area contributed by atoms with E-state index in [0.29, 0.717) is 5.92 Å². The van der Waals surface area contributed by atoms with Crippen LogP contribution in [0.4, 0.5) is 0 Å². The van der Waals surface area contributed by atoms with Crippen LogP contribution in [0.2, 0.25) is 0 Å². The Balaban J connectivity index is 2.16. The summed E-state index contributed by atoms with van der Waals surface area (Å²) < 4.78 is 0. The molecule has 1 saturated heterocycles. The molecule has 0 radical (unpaired) electrons. The maximum Gasteiger partial charge on any atom is 0.0587 e. The van der Waals surface area contributed by atoms with Gasteiger partial charge in [-0.2, -0.15) is 0 Å². The van der Waals surface area contributed by atoms with Crippen LogP contribution in [-0.4, -0.2) is 37.4 Å². The molecule has 0 spiro atoms. The Hall–Kier alpha value is -0.120. The number of nitrogens with one attached hydrogen (secondary N) is 2. The molecule has 1 fully saturated rings. The Morgan fingerprint density at radius 1 is 1.50 bits per heavy atom. The van der Waals surface area contributed by atoms with Gasteiger partial charge in [-0.1, -0.05) is 13.8 Å². The molecule has 3 nitrogen and oxygen atoms in total. The van der Waals surface area contributed by atoms with Gasteiger partial charge in [0.25, 0.3) is 0 Å². The molecule has 0 aromatic heterocycles. The molecule has 1 heterocycles. The van der Waals surface area contributed by atoms with Crippen LogP contribution in [0, 0.1) is 11.8 Å². The molecule has 0 amide bonds. The predicted molar refractivity (Wildman–Crippen MR) is 59.3 cm³/mol. The molecular weight excluding hydrogens is 176 g/mol. The highest BCUT2D eigenvalue weighted by molar-refractivity contribution is 4.75. The number of hydrogen-bond acceptors (Lipinski definition) is 3. The summed E-state index contributed by atoms with van der Waals surface area (Å²) in [6, 6.07) is 0.261. The monoisotopic (exact) mass is 200 g/mol. The van der Waals surface area contributed by atoms with Crippen molar-refractivity contribution in [2.45, 2.75) is 32.7 Å². The Morgan fingerprint density at radius 3 is 2.79 bits per heavy atom. The number of hydrogen-bond donors (Lipinski definition) is 3. The second-order valence-electron chi connectivity index (χ2n) is 4.65. The molecule has 0 aliphatic carbocycles. The lowest BCUT2D eigenvalue weighted by atomic mass is 9.98. The Kier molecular flexibility index (Phi) is 5.45. The molecule has 3 heteroatoms. The highest BCUT2D eigenvalue weighted by Gasteiger charge is 2.16. The zero-order chi connectivity index (χ0) is 10.4. The number of piperidine rings is 1. The van der Waals surface area contributed by atoms with E-state index >= 15 is 0 Å². The summed E-state index contributed by atoms with van der Waals surface area (Å²) in [5.41, 5.74) is 0. The summed E-state index contributed by atoms with van der Waals surface area (Å²) in [4.78, 5) is 0. The first kappa shape index (κ1) is 12.0. The van der Waals surface area contributed by atoms with Crippen LogP contribution in [0.15, 0.2) is 0 Å². The van der Waals surface area contributed by atoms with Crippen LogP contribution in [0.1, 0.15) is 26.7 Å². The minimum atomic E-state index is 0.248. The Labute approximate surface area is 87.3 Å². The second kappa shape index (κ2) is 6.38. The third-order valence-corrected chi connectivity index (χ3v) is 3.07. The average molecular weight is 200 g/mol. The fourth-order valence-electron chi connectivity index (χ4n) is 1.93. The third-order valence-electron chi connectivity index (χ3n) is 3.07. The molecule has 1 aliphatic heterocycles. The molecule has 1 rings (SSSR count). The summed E-state index contributed by atoms with van der Waals surface area (Å²) in [6.45, 7) is 7.88. The normalized spacial score (nSPS) is 25.3. The summed E-state index contributed by atoms with van der Waals surface area (Å²) in [7, 11) is 0. The van der Waals surface area contributed by atoms with Gasteiger partial charge in [-0.25, -0.2) is 0 Å². The summed E-state index contributed by atoms with van der Waals surface area (Å²) in [5.74, 6) is 1.26. The van der Waals surface area contributed by atoms with Crippen LogP contribution in [-0.2, 0) is 0 Å². The first-order valence-electron chi connectivity index (χ1n) is 5.79. The second-order valence-corrected chi connectivity index (χ2v) is 4.65. The van der Waals surface area contributed by atoms with Gasteiger partial charge in [0.2, 0.25) is 0 Å². The van der Waals surface area contributed by atoms with Gasteiger partial charge in [0.05, 0.1) is 6.61 Å². The lowest BCUT2D eigenvalue weighted by Gasteiger charge is -2.27. The van der Waals surface area contributed by atoms with E-state index in [1.165, 1.54) is 19.4 Å². The third kappa shape index (κ3) is 3.95. The van der Waals surface area contributed by atoms with Crippen molar-refractivity contribution in [3.8, 4) is 0 Å². The largest absolute Gasteiger partial charge is 0.395 e. The van der Waals surface area contributed by atoms with Crippen molar-refractivity contribution in [2.75, 3.05) is 26.2 Å². The van der Waals surface area contributed by atoms with Gasteiger partial charge in [0.15, 0.2) is 0 Å². The van der Waals surface area contributed by atoms with Gasteiger partial charge in [-0.15, -0.1) is 0 Å². The first-order chi connectivity index (χ1) is 6.74. The lowest BCUT2D eigenvalue weighted by Crippen LogP contribution is -2.43. The van der Waals surface area contributed by atoms with E-state index in [1.807, 2.05) is 0 Å². The molecular formula is C11H24N2O. The summed E-state index contributed by atoms with van der Waals surface area (Å²) >= 11 is 0. The Morgan fingerprint density at radius 2 is 2.29 bits per heavy atom. The van der Waals surface area contributed by atoms with Gasteiger partial charge in [-0.05, 0) is 44.3 Å². The van der Waals surface area contributed by atoms with Crippen LogP contribution in [0.3, 0.4) is 0 Å². The van der Waals surface area contributed by atoms with E-state index in [0.717, 1.165) is 19.0 Å². The van der Waals surface area contributed by atoms with Crippen molar-refractivity contribution in [3.63, 3.8) is 0 Å². The zero-order valence-electron chi connectivity index (χ0n) is 9.42. The molecule has 2 unspecified atom stereocenters. The van der Waals surface area contributed by atoms with Crippen molar-refractivity contribution < 1.29 is 5.11 Å². The van der Waals surface area contributed by atoms with Gasteiger partial charge in [0, 0.05) is 6.04 Å². The maximum atomic E-state index is 9.15. The number of aliphatic hydroxyl groups excluding tert-OH is 1. The van der Waals surface area contributed by atoms with Crippen molar-refractivity contribution in [3.05, 3.63) is 0 Å². The molecule has 2 atom stereocenters. The van der Waals surface area contributed by atoms with E-state index in [2.05, 4.69) is 24.5 Å². The van der Waals surface area contributed by atoms with Crippen molar-refractivity contribution in [2.24, 2.45) is 11.8 Å². The van der Waals surface area contributed by atoms with Crippen molar-refractivity contribution >= 4 is 0 Å². The zero-order valence-corrected chi connectivity index (χ0v) is 9.42. The average Bonchev–Trinajstić information content (AvgIpc) is 2.20. The molecule has 3 N–H and O–H groups in total. The standard InChI is InChI=1S/C11H24N2O/c1-9(2)11(8-14)13-7-10-4-3-5-12-6-10/h9-14H,3-8H2,1-2H3. The van der Waals surface area contributed by atoms with Gasteiger partial charge in [-0.3, -0.25) is 0 Å². The molecule has 0 aromatic rings. The van der Waals surface area contributed by atoms with Gasteiger partial charge in [0.1, 0.15) is 0 Å². The van der Waals surface area contributed by atoms with Gasteiger partial charge >= 0.3 is 0 Å². The van der Waals surface area contributed by atoms with E-state index in [4.69, 9.17) is 5.11 Å². The van der Waals surface area contributed by atoms with E-state index in [-0.39, 0.29) is 12.6 Å². The topological polar surface area (TPSA) is 44.3 Å². The highest BCUT2D eigenvalue weighted by atomic mass is 16.3. The van der Waals surface area contributed by atoms with Crippen LogP contribution >= 0.6 is 0 Å². The quantitative estimate of drug-likeness (QED) is 0.609.